The average Bonchev–Trinajstić information content (AvgIpc) is 2.75. The third-order valence-corrected chi connectivity index (χ3v) is 3.11. The van der Waals surface area contributed by atoms with Crippen LogP contribution in [0.2, 0.25) is 0 Å². The number of hydrogen-bond acceptors (Lipinski definition) is 4. The zero-order valence-electron chi connectivity index (χ0n) is 8.39. The van der Waals surface area contributed by atoms with E-state index >= 15 is 0 Å². The molecule has 0 saturated carbocycles. The first-order chi connectivity index (χ1) is 7.84. The van der Waals surface area contributed by atoms with Crippen molar-refractivity contribution in [2.45, 2.75) is 12.3 Å². The van der Waals surface area contributed by atoms with Crippen LogP contribution in [0.3, 0.4) is 0 Å². The van der Waals surface area contributed by atoms with Gasteiger partial charge in [0, 0.05) is 28.2 Å². The van der Waals surface area contributed by atoms with Crippen molar-refractivity contribution < 1.29 is 9.15 Å². The Bertz CT molecular complexity index is 512. The molecule has 82 valence electrons. The van der Waals surface area contributed by atoms with Gasteiger partial charge >= 0.3 is 0 Å². The summed E-state index contributed by atoms with van der Waals surface area (Å²) in [4.78, 5) is 0. The smallest absolute Gasteiger partial charge is 0.278 e. The molecule has 0 N–H and O–H groups in total. The van der Waals surface area contributed by atoms with Gasteiger partial charge in [0.2, 0.25) is 5.89 Å². The predicted molar refractivity (Wildman–Crippen MR) is 65.4 cm³/mol. The van der Waals surface area contributed by atoms with Gasteiger partial charge in [-0.2, -0.15) is 0 Å². The normalized spacial score (nSPS) is 18.9. The van der Waals surface area contributed by atoms with Crippen LogP contribution in [0.5, 0.6) is 5.75 Å². The van der Waals surface area contributed by atoms with Crippen molar-refractivity contribution in [3.8, 4) is 5.75 Å². The van der Waals surface area contributed by atoms with Crippen molar-refractivity contribution in [3.63, 3.8) is 0 Å². The molecule has 16 heavy (non-hydrogen) atoms. The van der Waals surface area contributed by atoms with Crippen LogP contribution in [0.15, 0.2) is 28.7 Å². The molecule has 0 radical (unpaired) electrons. The number of benzene rings is 1. The van der Waals surface area contributed by atoms with Crippen LogP contribution < -0.4 is 4.74 Å². The van der Waals surface area contributed by atoms with Gasteiger partial charge in [-0.3, -0.25) is 0 Å². The fraction of sp³-hybridized carbons (Fsp3) is 0.273. The lowest BCUT2D eigenvalue weighted by atomic mass is 9.93. The van der Waals surface area contributed by atoms with Crippen LogP contribution in [0, 0.1) is 3.90 Å². The van der Waals surface area contributed by atoms with Gasteiger partial charge < -0.3 is 9.15 Å². The molecule has 1 aromatic heterocycles. The minimum Gasteiger partial charge on any atom is -0.493 e. The van der Waals surface area contributed by atoms with E-state index in [9.17, 15) is 0 Å². The van der Waals surface area contributed by atoms with E-state index in [1.807, 2.05) is 40.8 Å². The quantitative estimate of drug-likeness (QED) is 0.755. The molecule has 1 aliphatic heterocycles. The second-order valence-corrected chi connectivity index (χ2v) is 4.54. The van der Waals surface area contributed by atoms with Crippen molar-refractivity contribution in [1.29, 1.82) is 0 Å². The van der Waals surface area contributed by atoms with E-state index in [4.69, 9.17) is 9.15 Å². The highest BCUT2D eigenvalue weighted by Crippen LogP contribution is 2.37. The maximum absolute atomic E-state index is 5.59. The lowest BCUT2D eigenvalue weighted by Crippen LogP contribution is -2.15. The highest BCUT2D eigenvalue weighted by atomic mass is 127. The Kier molecular flexibility index (Phi) is 2.55. The number of para-hydroxylation sites is 1. The molecule has 2 aromatic rings. The van der Waals surface area contributed by atoms with Gasteiger partial charge in [0.15, 0.2) is 0 Å². The van der Waals surface area contributed by atoms with Crippen molar-refractivity contribution in [1.82, 2.24) is 10.2 Å². The number of ether oxygens (including phenoxy) is 1. The Balaban J connectivity index is 2.04. The number of hydrogen-bond donors (Lipinski definition) is 0. The molecule has 0 aliphatic carbocycles. The average molecular weight is 328 g/mol. The molecule has 1 aromatic carbocycles. The summed E-state index contributed by atoms with van der Waals surface area (Å²) in [5.41, 5.74) is 1.13. The molecule has 4 nitrogen and oxygen atoms in total. The number of nitrogens with zero attached hydrogens (tertiary/aromatic N) is 2. The standard InChI is InChI=1S/C11H9IN2O2/c12-11-14-13-10(16-11)8-5-6-15-9-4-2-1-3-7(8)9/h1-4,8H,5-6H2. The molecule has 1 unspecified atom stereocenters. The Labute approximate surface area is 106 Å². The molecule has 1 atom stereocenters. The molecule has 0 spiro atoms. The van der Waals surface area contributed by atoms with Crippen LogP contribution in [0.25, 0.3) is 0 Å². The maximum Gasteiger partial charge on any atom is 0.278 e. The summed E-state index contributed by atoms with van der Waals surface area (Å²) in [5, 5.41) is 7.95. The highest BCUT2D eigenvalue weighted by molar-refractivity contribution is 14.1. The van der Waals surface area contributed by atoms with Crippen LogP contribution >= 0.6 is 22.6 Å². The first-order valence-corrected chi connectivity index (χ1v) is 6.13. The van der Waals surface area contributed by atoms with Crippen molar-refractivity contribution in [3.05, 3.63) is 39.6 Å². The molecule has 5 heteroatoms. The van der Waals surface area contributed by atoms with E-state index < -0.39 is 0 Å². The fourth-order valence-electron chi connectivity index (χ4n) is 1.96. The van der Waals surface area contributed by atoms with Crippen LogP contribution in [0.1, 0.15) is 23.8 Å². The second-order valence-electron chi connectivity index (χ2n) is 3.62. The molecule has 0 amide bonds. The minimum atomic E-state index is 0.168. The van der Waals surface area contributed by atoms with Crippen molar-refractivity contribution in [2.75, 3.05) is 6.61 Å². The Morgan fingerprint density at radius 1 is 1.25 bits per heavy atom. The first kappa shape index (κ1) is 10.1. The van der Waals surface area contributed by atoms with Gasteiger partial charge in [0.25, 0.3) is 3.90 Å². The van der Waals surface area contributed by atoms with Gasteiger partial charge in [0.1, 0.15) is 5.75 Å². The van der Waals surface area contributed by atoms with E-state index in [0.29, 0.717) is 16.4 Å². The minimum absolute atomic E-state index is 0.168. The van der Waals surface area contributed by atoms with Crippen LogP contribution in [0.4, 0.5) is 0 Å². The van der Waals surface area contributed by atoms with Crippen LogP contribution in [-0.2, 0) is 0 Å². The van der Waals surface area contributed by atoms with E-state index in [-0.39, 0.29) is 5.92 Å². The van der Waals surface area contributed by atoms with Gasteiger partial charge in [-0.25, -0.2) is 0 Å². The maximum atomic E-state index is 5.59. The van der Waals surface area contributed by atoms with E-state index in [0.717, 1.165) is 17.7 Å². The first-order valence-electron chi connectivity index (χ1n) is 5.05. The molecule has 2 heterocycles. The Morgan fingerprint density at radius 3 is 2.94 bits per heavy atom. The summed E-state index contributed by atoms with van der Waals surface area (Å²) in [6.07, 6.45) is 0.884. The predicted octanol–water partition coefficient (Wildman–Crippen LogP) is 2.59. The molecule has 1 aliphatic rings. The third-order valence-electron chi connectivity index (χ3n) is 2.67. The molecule has 3 rings (SSSR count). The summed E-state index contributed by atoms with van der Waals surface area (Å²) in [6.45, 7) is 0.695. The van der Waals surface area contributed by atoms with Crippen molar-refractivity contribution in [2.24, 2.45) is 0 Å². The number of rotatable bonds is 1. The summed E-state index contributed by atoms with van der Waals surface area (Å²) in [6, 6.07) is 8.00. The summed E-state index contributed by atoms with van der Waals surface area (Å²) < 4.78 is 11.7. The topological polar surface area (TPSA) is 48.2 Å². The fourth-order valence-corrected chi connectivity index (χ4v) is 2.29. The number of aromatic nitrogens is 2. The molecule has 0 saturated heterocycles. The molecule has 0 fully saturated rings. The Morgan fingerprint density at radius 2 is 2.12 bits per heavy atom. The third kappa shape index (κ3) is 1.68. The van der Waals surface area contributed by atoms with Crippen LogP contribution in [-0.4, -0.2) is 16.8 Å². The molecular formula is C11H9IN2O2. The molecular weight excluding hydrogens is 319 g/mol. The SMILES string of the molecule is Ic1nnc(C2CCOc3ccccc32)o1. The molecule has 0 bridgehead atoms. The number of halogens is 1. The van der Waals surface area contributed by atoms with E-state index in [2.05, 4.69) is 16.3 Å². The second kappa shape index (κ2) is 4.04. The summed E-state index contributed by atoms with van der Waals surface area (Å²) in [5.74, 6) is 1.77. The van der Waals surface area contributed by atoms with Gasteiger partial charge in [-0.05, 0) is 12.5 Å². The number of fused-ring (bicyclic) bond motifs is 1. The lowest BCUT2D eigenvalue weighted by Gasteiger charge is -2.23. The van der Waals surface area contributed by atoms with Gasteiger partial charge in [-0.15, -0.1) is 10.2 Å². The monoisotopic (exact) mass is 328 g/mol. The highest BCUT2D eigenvalue weighted by Gasteiger charge is 2.26. The van der Waals surface area contributed by atoms with Crippen molar-refractivity contribution >= 4 is 22.6 Å². The summed E-state index contributed by atoms with van der Waals surface area (Å²) in [7, 11) is 0. The largest absolute Gasteiger partial charge is 0.493 e. The van der Waals surface area contributed by atoms with Gasteiger partial charge in [-0.1, -0.05) is 18.2 Å². The summed E-state index contributed by atoms with van der Waals surface area (Å²) >= 11 is 2.02. The Hall–Kier alpha value is -1.11. The zero-order valence-corrected chi connectivity index (χ0v) is 10.5. The zero-order chi connectivity index (χ0) is 11.0. The lowest BCUT2D eigenvalue weighted by molar-refractivity contribution is 0.264. The van der Waals surface area contributed by atoms with Gasteiger partial charge in [0.05, 0.1) is 12.5 Å². The van der Waals surface area contributed by atoms with E-state index in [1.54, 1.807) is 0 Å². The van der Waals surface area contributed by atoms with E-state index in [1.165, 1.54) is 0 Å².